The lowest BCUT2D eigenvalue weighted by molar-refractivity contribution is -0.138. The van der Waals surface area contributed by atoms with Crippen LogP contribution in [0, 0.1) is 17.8 Å². The molecule has 15 nitrogen and oxygen atoms in total. The van der Waals surface area contributed by atoms with Gasteiger partial charge in [-0.2, -0.15) is 0 Å². The van der Waals surface area contributed by atoms with Crippen LogP contribution in [0.3, 0.4) is 0 Å². The molecule has 1 aliphatic carbocycles. The summed E-state index contributed by atoms with van der Waals surface area (Å²) in [6.45, 7) is 10.5. The van der Waals surface area contributed by atoms with Crippen molar-refractivity contribution in [2.24, 2.45) is 23.5 Å². The zero-order valence-corrected chi connectivity index (χ0v) is 32.5. The monoisotopic (exact) mass is 764 g/mol. The molecule has 2 aromatic rings. The Kier molecular flexibility index (Phi) is 16.6. The van der Waals surface area contributed by atoms with Crippen molar-refractivity contribution >= 4 is 41.6 Å². The van der Waals surface area contributed by atoms with Crippen LogP contribution in [0.25, 0.3) is 11.1 Å². The molecule has 300 valence electrons. The summed E-state index contributed by atoms with van der Waals surface area (Å²) in [5.74, 6) is -5.23. The highest BCUT2D eigenvalue weighted by molar-refractivity contribution is 5.96. The van der Waals surface area contributed by atoms with Crippen molar-refractivity contribution in [1.82, 2.24) is 26.6 Å². The number of nitrogens with one attached hydrogen (secondary N) is 5. The number of carboxylic acid groups (broad SMARTS) is 1. The fraction of sp³-hybridized carbons (Fsp3) is 0.525. The number of hydrogen-bond donors (Lipinski definition) is 7. The summed E-state index contributed by atoms with van der Waals surface area (Å²) in [5, 5.41) is 21.9. The molecule has 1 aliphatic rings. The molecule has 0 radical (unpaired) electrons. The highest BCUT2D eigenvalue weighted by Crippen LogP contribution is 2.44. The summed E-state index contributed by atoms with van der Waals surface area (Å²) in [6, 6.07) is 11.3. The number of fused-ring (bicyclic) bond motifs is 3. The molecule has 0 bridgehead atoms. The molecule has 0 saturated heterocycles. The van der Waals surface area contributed by atoms with Gasteiger partial charge < -0.3 is 42.2 Å². The summed E-state index contributed by atoms with van der Waals surface area (Å²) in [7, 11) is 0. The smallest absolute Gasteiger partial charge is 0.407 e. The van der Waals surface area contributed by atoms with E-state index in [1.54, 1.807) is 0 Å². The minimum absolute atomic E-state index is 0.0173. The van der Waals surface area contributed by atoms with E-state index in [0.29, 0.717) is 0 Å². The summed E-state index contributed by atoms with van der Waals surface area (Å²) in [4.78, 5) is 89.5. The molecule has 3 rings (SSSR count). The molecule has 0 fully saturated rings. The van der Waals surface area contributed by atoms with Gasteiger partial charge in [0.15, 0.2) is 0 Å². The predicted octanol–water partition coefficient (Wildman–Crippen LogP) is 2.95. The van der Waals surface area contributed by atoms with Crippen LogP contribution in [0.5, 0.6) is 0 Å². The quantitative estimate of drug-likeness (QED) is 0.0989. The third-order valence-corrected chi connectivity index (χ3v) is 9.07. The Balaban J connectivity index is 1.73. The van der Waals surface area contributed by atoms with Gasteiger partial charge in [-0.05, 0) is 65.7 Å². The largest absolute Gasteiger partial charge is 0.480 e. The number of amides is 6. The average molecular weight is 765 g/mol. The van der Waals surface area contributed by atoms with E-state index in [0.717, 1.165) is 22.3 Å². The second-order valence-corrected chi connectivity index (χ2v) is 15.2. The van der Waals surface area contributed by atoms with Crippen molar-refractivity contribution < 1.29 is 43.4 Å². The molecular weight excluding hydrogens is 708 g/mol. The summed E-state index contributed by atoms with van der Waals surface area (Å²) >= 11 is 0. The molecule has 8 N–H and O–H groups in total. The van der Waals surface area contributed by atoms with Gasteiger partial charge in [0, 0.05) is 12.3 Å². The van der Waals surface area contributed by atoms with E-state index in [2.05, 4.69) is 26.6 Å². The van der Waals surface area contributed by atoms with E-state index in [1.807, 2.05) is 90.1 Å². The van der Waals surface area contributed by atoms with E-state index >= 15 is 0 Å². The number of carboxylic acids is 1. The first kappa shape index (κ1) is 43.9. The number of rotatable bonds is 21. The van der Waals surface area contributed by atoms with Crippen LogP contribution in [0.1, 0.15) is 90.7 Å². The molecule has 0 saturated carbocycles. The van der Waals surface area contributed by atoms with Crippen LogP contribution in [0.4, 0.5) is 4.79 Å². The summed E-state index contributed by atoms with van der Waals surface area (Å²) in [6.07, 6.45) is -0.642. The molecule has 55 heavy (non-hydrogen) atoms. The Morgan fingerprint density at radius 1 is 0.636 bits per heavy atom. The minimum Gasteiger partial charge on any atom is -0.480 e. The van der Waals surface area contributed by atoms with Gasteiger partial charge in [-0.25, -0.2) is 4.79 Å². The second-order valence-electron chi connectivity index (χ2n) is 15.2. The van der Waals surface area contributed by atoms with Gasteiger partial charge in [-0.3, -0.25) is 28.8 Å². The molecule has 4 atom stereocenters. The van der Waals surface area contributed by atoms with Crippen molar-refractivity contribution in [1.29, 1.82) is 0 Å². The molecule has 2 aromatic carbocycles. The third kappa shape index (κ3) is 13.7. The number of carbonyl (C=O) groups is 7. The zero-order chi connectivity index (χ0) is 40.8. The average Bonchev–Trinajstić information content (AvgIpc) is 3.43. The van der Waals surface area contributed by atoms with E-state index in [-0.39, 0.29) is 62.4 Å². The van der Waals surface area contributed by atoms with E-state index in [4.69, 9.17) is 15.6 Å². The normalized spacial score (nSPS) is 14.2. The first-order chi connectivity index (χ1) is 26.0. The number of hydrogen-bond acceptors (Lipinski definition) is 8. The van der Waals surface area contributed by atoms with Crippen LogP contribution in [-0.4, -0.2) is 84.0 Å². The standard InChI is InChI=1S/C40H56N6O9/c1-22(2)17-31(37(51)43-30(15-16-34(41)47)36(50)42-20-35(48)49)44-38(52)32(18-23(3)4)45-39(53)33(19-24(5)6)46-40(54)55-21-29-27-13-9-7-11-25(27)26-12-8-10-14-28(26)29/h7-14,22-24,29-33H,15-21H2,1-6H3,(H2,41,47)(H,42,50)(H,43,51)(H,44,52)(H,45,53)(H,46,54)(H,48,49)/t30-,31-,32-,33-/m0/s1. The first-order valence-corrected chi connectivity index (χ1v) is 18.8. The lowest BCUT2D eigenvalue weighted by Crippen LogP contribution is -2.59. The Labute approximate surface area is 322 Å². The van der Waals surface area contributed by atoms with Crippen molar-refractivity contribution in [3.05, 3.63) is 59.7 Å². The predicted molar refractivity (Wildman–Crippen MR) is 205 cm³/mol. The van der Waals surface area contributed by atoms with Crippen LogP contribution >= 0.6 is 0 Å². The summed E-state index contributed by atoms with van der Waals surface area (Å²) < 4.78 is 5.70. The fourth-order valence-corrected chi connectivity index (χ4v) is 6.55. The molecular formula is C40H56N6O9. The van der Waals surface area contributed by atoms with Gasteiger partial charge in [0.2, 0.25) is 29.5 Å². The molecule has 0 aliphatic heterocycles. The van der Waals surface area contributed by atoms with Gasteiger partial charge in [-0.15, -0.1) is 0 Å². The van der Waals surface area contributed by atoms with Crippen molar-refractivity contribution in [2.45, 2.75) is 104 Å². The highest BCUT2D eigenvalue weighted by Gasteiger charge is 2.34. The van der Waals surface area contributed by atoms with Gasteiger partial charge in [0.05, 0.1) is 0 Å². The molecule has 0 aromatic heterocycles. The molecule has 15 heteroatoms. The second kappa shape index (κ2) is 20.8. The lowest BCUT2D eigenvalue weighted by Gasteiger charge is -2.28. The SMILES string of the molecule is CC(C)C[C@H](NC(=O)OCC1c2ccccc2-c2ccccc21)C(=O)N[C@@H](CC(C)C)C(=O)N[C@@H](CC(C)C)C(=O)N[C@@H](CCC(N)=O)C(=O)NCC(=O)O. The van der Waals surface area contributed by atoms with Gasteiger partial charge in [0.25, 0.3) is 0 Å². The highest BCUT2D eigenvalue weighted by atomic mass is 16.5. The number of benzene rings is 2. The molecule has 0 heterocycles. The Morgan fingerprint density at radius 2 is 1.05 bits per heavy atom. The maximum atomic E-state index is 13.8. The van der Waals surface area contributed by atoms with Crippen LogP contribution < -0.4 is 32.3 Å². The van der Waals surface area contributed by atoms with Crippen LogP contribution in [0.2, 0.25) is 0 Å². The lowest BCUT2D eigenvalue weighted by atomic mass is 9.98. The van der Waals surface area contributed by atoms with E-state index < -0.39 is 72.3 Å². The van der Waals surface area contributed by atoms with Crippen LogP contribution in [0.15, 0.2) is 48.5 Å². The zero-order valence-electron chi connectivity index (χ0n) is 32.5. The van der Waals surface area contributed by atoms with Crippen molar-refractivity contribution in [3.8, 4) is 11.1 Å². The van der Waals surface area contributed by atoms with Crippen LogP contribution in [-0.2, 0) is 33.5 Å². The topological polar surface area (TPSA) is 235 Å². The van der Waals surface area contributed by atoms with Gasteiger partial charge >= 0.3 is 12.1 Å². The Bertz CT molecular complexity index is 1650. The third-order valence-electron chi connectivity index (χ3n) is 9.07. The number of aliphatic carboxylic acids is 1. The first-order valence-electron chi connectivity index (χ1n) is 18.8. The molecule has 0 spiro atoms. The van der Waals surface area contributed by atoms with E-state index in [9.17, 15) is 33.6 Å². The van der Waals surface area contributed by atoms with Crippen molar-refractivity contribution in [2.75, 3.05) is 13.2 Å². The van der Waals surface area contributed by atoms with Gasteiger partial charge in [-0.1, -0.05) is 90.1 Å². The number of nitrogens with two attached hydrogens (primary N) is 1. The Morgan fingerprint density at radius 3 is 1.47 bits per heavy atom. The van der Waals surface area contributed by atoms with E-state index in [1.165, 1.54) is 0 Å². The number of carbonyl (C=O) groups excluding carboxylic acids is 6. The maximum absolute atomic E-state index is 13.8. The minimum atomic E-state index is -1.31. The fourth-order valence-electron chi connectivity index (χ4n) is 6.55. The number of ether oxygens (including phenoxy) is 1. The number of alkyl carbamates (subject to hydrolysis) is 1. The summed E-state index contributed by atoms with van der Waals surface area (Å²) in [5.41, 5.74) is 9.49. The number of primary amides is 1. The van der Waals surface area contributed by atoms with Crippen molar-refractivity contribution in [3.63, 3.8) is 0 Å². The molecule has 0 unspecified atom stereocenters. The van der Waals surface area contributed by atoms with Gasteiger partial charge in [0.1, 0.15) is 37.3 Å². The molecule has 6 amide bonds. The Hall–Kier alpha value is -5.47. The maximum Gasteiger partial charge on any atom is 0.407 e.